The number of carbonyl (C=O) groups excluding carboxylic acids is 1. The summed E-state index contributed by atoms with van der Waals surface area (Å²) in [5, 5.41) is 0. The summed E-state index contributed by atoms with van der Waals surface area (Å²) >= 11 is 0. The van der Waals surface area contributed by atoms with Gasteiger partial charge in [0.05, 0.1) is 0 Å². The van der Waals surface area contributed by atoms with Gasteiger partial charge in [0.1, 0.15) is 0 Å². The van der Waals surface area contributed by atoms with Crippen molar-refractivity contribution in [2.24, 2.45) is 11.7 Å². The van der Waals surface area contributed by atoms with E-state index in [0.717, 1.165) is 24.8 Å². The molecule has 2 N–H and O–H groups in total. The Bertz CT molecular complexity index is 346. The maximum Gasteiger partial charge on any atom is 0.165 e. The highest BCUT2D eigenvalue weighted by Crippen LogP contribution is 2.14. The Kier molecular flexibility index (Phi) is 5.20. The Balaban J connectivity index is 2.78. The van der Waals surface area contributed by atoms with E-state index >= 15 is 0 Å². The van der Waals surface area contributed by atoms with E-state index in [-0.39, 0.29) is 11.7 Å². The minimum Gasteiger partial charge on any atom is -0.330 e. The van der Waals surface area contributed by atoms with Crippen LogP contribution in [0.3, 0.4) is 0 Å². The third-order valence-corrected chi connectivity index (χ3v) is 2.80. The van der Waals surface area contributed by atoms with E-state index in [0.29, 0.717) is 6.54 Å². The average Bonchev–Trinajstić information content (AvgIpc) is 2.29. The number of aryl methyl sites for hydroxylation is 1. The van der Waals surface area contributed by atoms with Crippen molar-refractivity contribution in [3.8, 4) is 0 Å². The number of rotatable bonds is 6. The molecule has 0 aliphatic rings. The highest BCUT2D eigenvalue weighted by atomic mass is 16.1. The largest absolute Gasteiger partial charge is 0.330 e. The molecule has 1 atom stereocenters. The van der Waals surface area contributed by atoms with Gasteiger partial charge in [0.2, 0.25) is 0 Å². The Labute approximate surface area is 97.9 Å². The van der Waals surface area contributed by atoms with Crippen molar-refractivity contribution < 1.29 is 4.79 Å². The lowest BCUT2D eigenvalue weighted by Gasteiger charge is -2.09. The third kappa shape index (κ3) is 3.46. The van der Waals surface area contributed by atoms with E-state index in [1.165, 1.54) is 5.56 Å². The molecule has 88 valence electrons. The molecule has 16 heavy (non-hydrogen) atoms. The lowest BCUT2D eigenvalue weighted by Crippen LogP contribution is -2.15. The van der Waals surface area contributed by atoms with Crippen molar-refractivity contribution in [1.82, 2.24) is 0 Å². The van der Waals surface area contributed by atoms with Gasteiger partial charge in [-0.1, -0.05) is 38.5 Å². The number of benzene rings is 1. The molecule has 1 unspecified atom stereocenters. The highest BCUT2D eigenvalue weighted by molar-refractivity contribution is 5.97. The van der Waals surface area contributed by atoms with Gasteiger partial charge in [-0.2, -0.15) is 0 Å². The fraction of sp³-hybridized carbons (Fsp3) is 0.500. The summed E-state index contributed by atoms with van der Waals surface area (Å²) in [5.41, 5.74) is 7.54. The first-order valence-corrected chi connectivity index (χ1v) is 6.02. The van der Waals surface area contributed by atoms with Crippen LogP contribution in [0.15, 0.2) is 24.3 Å². The summed E-state index contributed by atoms with van der Waals surface area (Å²) in [4.78, 5) is 12.0. The molecule has 0 aliphatic heterocycles. The van der Waals surface area contributed by atoms with Gasteiger partial charge < -0.3 is 5.73 Å². The molecule has 2 heteroatoms. The van der Waals surface area contributed by atoms with Crippen molar-refractivity contribution in [1.29, 1.82) is 0 Å². The van der Waals surface area contributed by atoms with E-state index in [9.17, 15) is 4.79 Å². The maximum absolute atomic E-state index is 12.0. The Morgan fingerprint density at radius 2 is 2.19 bits per heavy atom. The highest BCUT2D eigenvalue weighted by Gasteiger charge is 2.14. The van der Waals surface area contributed by atoms with E-state index in [4.69, 9.17) is 5.73 Å². The molecule has 1 aromatic carbocycles. The molecule has 0 radical (unpaired) electrons. The summed E-state index contributed by atoms with van der Waals surface area (Å²) in [6.45, 7) is 4.66. The van der Waals surface area contributed by atoms with Gasteiger partial charge in [-0.3, -0.25) is 4.79 Å². The smallest absolute Gasteiger partial charge is 0.165 e. The Morgan fingerprint density at radius 3 is 2.81 bits per heavy atom. The van der Waals surface area contributed by atoms with Crippen molar-refractivity contribution in [3.63, 3.8) is 0 Å². The van der Waals surface area contributed by atoms with Crippen LogP contribution in [0.5, 0.6) is 0 Å². The second-order valence-corrected chi connectivity index (χ2v) is 4.29. The van der Waals surface area contributed by atoms with E-state index in [2.05, 4.69) is 13.0 Å². The molecule has 0 bridgehead atoms. The zero-order chi connectivity index (χ0) is 12.0. The molecule has 1 rings (SSSR count). The van der Waals surface area contributed by atoms with Gasteiger partial charge in [-0.15, -0.1) is 0 Å². The summed E-state index contributed by atoms with van der Waals surface area (Å²) in [6.07, 6.45) is 2.90. The standard InChI is InChI=1S/C14H21NO/c1-3-5-12-6-4-7-13(10-12)14(16)11(2)8-9-15/h4,6-7,10-11H,3,5,8-9,15H2,1-2H3. The fourth-order valence-electron chi connectivity index (χ4n) is 1.83. The lowest BCUT2D eigenvalue weighted by molar-refractivity contribution is 0.0925. The van der Waals surface area contributed by atoms with Crippen LogP contribution in [0, 0.1) is 5.92 Å². The van der Waals surface area contributed by atoms with E-state index in [1.807, 2.05) is 25.1 Å². The predicted molar refractivity (Wildman–Crippen MR) is 67.6 cm³/mol. The lowest BCUT2D eigenvalue weighted by atomic mass is 9.95. The number of ketones is 1. The first-order chi connectivity index (χ1) is 7.69. The van der Waals surface area contributed by atoms with E-state index < -0.39 is 0 Å². The van der Waals surface area contributed by atoms with Crippen LogP contribution in [0.1, 0.15) is 42.6 Å². The quantitative estimate of drug-likeness (QED) is 0.748. The van der Waals surface area contributed by atoms with Gasteiger partial charge in [0.15, 0.2) is 5.78 Å². The molecule has 0 saturated carbocycles. The maximum atomic E-state index is 12.0. The molecule has 0 spiro atoms. The van der Waals surface area contributed by atoms with Crippen LogP contribution >= 0.6 is 0 Å². The number of Topliss-reactive ketones (excluding diaryl/α,β-unsaturated/α-hetero) is 1. The van der Waals surface area contributed by atoms with Gasteiger partial charge >= 0.3 is 0 Å². The van der Waals surface area contributed by atoms with Crippen molar-refractivity contribution in [2.75, 3.05) is 6.54 Å². The number of nitrogens with two attached hydrogens (primary N) is 1. The summed E-state index contributed by atoms with van der Waals surface area (Å²) in [5.74, 6) is 0.241. The normalized spacial score (nSPS) is 12.4. The summed E-state index contributed by atoms with van der Waals surface area (Å²) in [7, 11) is 0. The summed E-state index contributed by atoms with van der Waals surface area (Å²) in [6, 6.07) is 7.95. The van der Waals surface area contributed by atoms with E-state index in [1.54, 1.807) is 0 Å². The number of hydrogen-bond donors (Lipinski definition) is 1. The Hall–Kier alpha value is -1.15. The van der Waals surface area contributed by atoms with Crippen LogP contribution in [0.25, 0.3) is 0 Å². The van der Waals surface area contributed by atoms with Crippen LogP contribution < -0.4 is 5.73 Å². The molecular formula is C14H21NO. The van der Waals surface area contributed by atoms with Crippen molar-refractivity contribution in [3.05, 3.63) is 35.4 Å². The fourth-order valence-corrected chi connectivity index (χ4v) is 1.83. The van der Waals surface area contributed by atoms with Crippen molar-refractivity contribution in [2.45, 2.75) is 33.1 Å². The second kappa shape index (κ2) is 6.44. The van der Waals surface area contributed by atoms with Crippen molar-refractivity contribution >= 4 is 5.78 Å². The number of hydrogen-bond acceptors (Lipinski definition) is 2. The monoisotopic (exact) mass is 219 g/mol. The van der Waals surface area contributed by atoms with Crippen LogP contribution in [0.2, 0.25) is 0 Å². The zero-order valence-electron chi connectivity index (χ0n) is 10.2. The average molecular weight is 219 g/mol. The number of carbonyl (C=O) groups is 1. The second-order valence-electron chi connectivity index (χ2n) is 4.29. The molecule has 0 heterocycles. The molecule has 0 aromatic heterocycles. The molecule has 0 fully saturated rings. The predicted octanol–water partition coefficient (Wildman–Crippen LogP) is 2.81. The topological polar surface area (TPSA) is 43.1 Å². The molecule has 0 amide bonds. The van der Waals surface area contributed by atoms with Gasteiger partial charge in [-0.25, -0.2) is 0 Å². The van der Waals surface area contributed by atoms with Gasteiger partial charge in [-0.05, 0) is 31.0 Å². The van der Waals surface area contributed by atoms with Gasteiger partial charge in [0.25, 0.3) is 0 Å². The first-order valence-electron chi connectivity index (χ1n) is 6.02. The molecule has 0 saturated heterocycles. The van der Waals surface area contributed by atoms with Gasteiger partial charge in [0, 0.05) is 11.5 Å². The minimum absolute atomic E-state index is 0.0295. The molecule has 2 nitrogen and oxygen atoms in total. The molecule has 1 aromatic rings. The van der Waals surface area contributed by atoms with Crippen LogP contribution in [-0.2, 0) is 6.42 Å². The molecule has 0 aliphatic carbocycles. The SMILES string of the molecule is CCCc1cccc(C(=O)C(C)CCN)c1. The van der Waals surface area contributed by atoms with Crippen LogP contribution in [-0.4, -0.2) is 12.3 Å². The van der Waals surface area contributed by atoms with Crippen LogP contribution in [0.4, 0.5) is 0 Å². The summed E-state index contributed by atoms with van der Waals surface area (Å²) < 4.78 is 0. The first kappa shape index (κ1) is 12.9. The molecular weight excluding hydrogens is 198 g/mol. The third-order valence-electron chi connectivity index (χ3n) is 2.80. The zero-order valence-corrected chi connectivity index (χ0v) is 10.2. The minimum atomic E-state index is 0.0295. The Morgan fingerprint density at radius 1 is 1.44 bits per heavy atom.